The minimum Gasteiger partial charge on any atom is -0.206 e. The monoisotopic (exact) mass is 312 g/mol. The Morgan fingerprint density at radius 3 is 2.57 bits per heavy atom. The third-order valence-corrected chi connectivity index (χ3v) is 4.82. The molecule has 0 aromatic heterocycles. The minimum absolute atomic E-state index is 0.197. The Balaban J connectivity index is 1.86. The van der Waals surface area contributed by atoms with Crippen LogP contribution in [0.3, 0.4) is 0 Å². The fourth-order valence-electron chi connectivity index (χ4n) is 3.49. The van der Waals surface area contributed by atoms with Crippen LogP contribution in [0, 0.1) is 29.5 Å². The van der Waals surface area contributed by atoms with E-state index in [2.05, 4.69) is 31.8 Å². The first-order chi connectivity index (χ1) is 11.2. The second-order valence-corrected chi connectivity index (χ2v) is 6.76. The lowest BCUT2D eigenvalue weighted by atomic mass is 9.80. The lowest BCUT2D eigenvalue weighted by Gasteiger charge is -2.26. The van der Waals surface area contributed by atoms with Crippen LogP contribution in [0.2, 0.25) is 0 Å². The van der Waals surface area contributed by atoms with Crippen molar-refractivity contribution < 1.29 is 4.39 Å². The molecule has 1 aliphatic rings. The summed E-state index contributed by atoms with van der Waals surface area (Å²) < 4.78 is 13.9. The van der Waals surface area contributed by atoms with E-state index in [9.17, 15) is 4.39 Å². The van der Waals surface area contributed by atoms with Crippen molar-refractivity contribution in [2.24, 2.45) is 11.8 Å². The summed E-state index contributed by atoms with van der Waals surface area (Å²) in [6.45, 7) is 4.38. The van der Waals surface area contributed by atoms with Crippen LogP contribution in [0.5, 0.6) is 0 Å². The molecule has 0 radical (unpaired) electrons. The molecule has 1 heteroatoms. The number of halogens is 1. The number of aryl methyl sites for hydroxylation is 1. The second-order valence-electron chi connectivity index (χ2n) is 6.76. The van der Waals surface area contributed by atoms with E-state index in [4.69, 9.17) is 0 Å². The fourth-order valence-corrected chi connectivity index (χ4v) is 3.49. The van der Waals surface area contributed by atoms with Crippen molar-refractivity contribution in [3.63, 3.8) is 0 Å². The maximum Gasteiger partial charge on any atom is 0.139 e. The van der Waals surface area contributed by atoms with Crippen molar-refractivity contribution >= 4 is 0 Å². The van der Waals surface area contributed by atoms with Crippen molar-refractivity contribution in [3.8, 4) is 11.8 Å². The Kier molecular flexibility index (Phi) is 7.40. The third kappa shape index (κ3) is 5.87. The Hall–Kier alpha value is -1.55. The van der Waals surface area contributed by atoms with E-state index in [-0.39, 0.29) is 5.82 Å². The van der Waals surface area contributed by atoms with Crippen molar-refractivity contribution in [2.75, 3.05) is 0 Å². The van der Waals surface area contributed by atoms with Gasteiger partial charge >= 0.3 is 0 Å². The largest absolute Gasteiger partial charge is 0.206 e. The molecule has 0 saturated heterocycles. The van der Waals surface area contributed by atoms with Gasteiger partial charge in [0.15, 0.2) is 0 Å². The summed E-state index contributed by atoms with van der Waals surface area (Å²) in [6, 6.07) is 5.40. The zero-order valence-electron chi connectivity index (χ0n) is 14.6. The number of benzene rings is 1. The van der Waals surface area contributed by atoms with Gasteiger partial charge in [-0.3, -0.25) is 0 Å². The zero-order valence-corrected chi connectivity index (χ0v) is 14.6. The first-order valence-electron chi connectivity index (χ1n) is 9.19. The van der Waals surface area contributed by atoms with Crippen LogP contribution in [0.4, 0.5) is 4.39 Å². The molecule has 23 heavy (non-hydrogen) atoms. The lowest BCUT2D eigenvalue weighted by molar-refractivity contribution is 0.294. The number of hydrogen-bond acceptors (Lipinski definition) is 0. The van der Waals surface area contributed by atoms with E-state index < -0.39 is 0 Å². The molecule has 0 N–H and O–H groups in total. The minimum atomic E-state index is -0.197. The lowest BCUT2D eigenvalue weighted by Crippen LogP contribution is -2.12. The highest BCUT2D eigenvalue weighted by Crippen LogP contribution is 2.32. The average molecular weight is 312 g/mol. The van der Waals surface area contributed by atoms with Gasteiger partial charge in [0.05, 0.1) is 5.56 Å². The van der Waals surface area contributed by atoms with Crippen LogP contribution in [-0.2, 0) is 6.42 Å². The van der Waals surface area contributed by atoms with Gasteiger partial charge < -0.3 is 0 Å². The molecule has 1 aromatic carbocycles. The Morgan fingerprint density at radius 1 is 1.13 bits per heavy atom. The number of allylic oxidation sites excluding steroid dienone is 2. The maximum absolute atomic E-state index is 13.9. The molecule has 0 nitrogen and oxygen atoms in total. The molecular weight excluding hydrogens is 283 g/mol. The maximum atomic E-state index is 13.9. The molecule has 0 amide bonds. The molecule has 1 saturated carbocycles. The van der Waals surface area contributed by atoms with Crippen molar-refractivity contribution in [1.82, 2.24) is 0 Å². The predicted molar refractivity (Wildman–Crippen MR) is 96.8 cm³/mol. The molecule has 0 atom stereocenters. The molecule has 1 fully saturated rings. The summed E-state index contributed by atoms with van der Waals surface area (Å²) in [4.78, 5) is 0. The normalized spacial score (nSPS) is 21.2. The van der Waals surface area contributed by atoms with Gasteiger partial charge in [0.1, 0.15) is 5.82 Å². The van der Waals surface area contributed by atoms with Crippen molar-refractivity contribution in [3.05, 3.63) is 47.3 Å². The molecule has 0 aliphatic heterocycles. The van der Waals surface area contributed by atoms with E-state index in [0.29, 0.717) is 11.5 Å². The van der Waals surface area contributed by atoms with Crippen LogP contribution in [0.1, 0.15) is 69.9 Å². The Labute approximate surface area is 141 Å². The molecule has 2 rings (SSSR count). The molecule has 0 spiro atoms. The van der Waals surface area contributed by atoms with E-state index in [1.807, 2.05) is 12.1 Å². The standard InChI is InChI=1S/C22H29F/c1-3-7-18-11-13-19(14-12-18)9-5-6-10-21-16-15-20(8-4-2)17-22(21)23/h5,9,15-19H,3-4,7-8,11-14H2,1-2H3. The summed E-state index contributed by atoms with van der Waals surface area (Å²) >= 11 is 0. The van der Waals surface area contributed by atoms with E-state index >= 15 is 0 Å². The van der Waals surface area contributed by atoms with Crippen LogP contribution < -0.4 is 0 Å². The van der Waals surface area contributed by atoms with Crippen LogP contribution in [-0.4, -0.2) is 0 Å². The summed E-state index contributed by atoms with van der Waals surface area (Å²) in [6.07, 6.45) is 14.0. The smallest absolute Gasteiger partial charge is 0.139 e. The quantitative estimate of drug-likeness (QED) is 0.560. The van der Waals surface area contributed by atoms with E-state index in [0.717, 1.165) is 24.3 Å². The highest BCUT2D eigenvalue weighted by Gasteiger charge is 2.18. The zero-order chi connectivity index (χ0) is 16.5. The SMILES string of the molecule is CCCc1ccc(C#CC=CC2CCC(CCC)CC2)c(F)c1. The number of hydrogen-bond donors (Lipinski definition) is 0. The van der Waals surface area contributed by atoms with Gasteiger partial charge in [0.2, 0.25) is 0 Å². The summed E-state index contributed by atoms with van der Waals surface area (Å²) in [7, 11) is 0. The summed E-state index contributed by atoms with van der Waals surface area (Å²) in [5.41, 5.74) is 1.55. The summed E-state index contributed by atoms with van der Waals surface area (Å²) in [5, 5.41) is 0. The Bertz CT molecular complexity index is 565. The molecule has 0 unspecified atom stereocenters. The van der Waals surface area contributed by atoms with E-state index in [1.54, 1.807) is 12.1 Å². The molecule has 0 heterocycles. The predicted octanol–water partition coefficient (Wildman–Crippen LogP) is 6.29. The first-order valence-corrected chi connectivity index (χ1v) is 9.19. The van der Waals surface area contributed by atoms with Gasteiger partial charge in [-0.15, -0.1) is 0 Å². The fraction of sp³-hybridized carbons (Fsp3) is 0.545. The third-order valence-electron chi connectivity index (χ3n) is 4.82. The average Bonchev–Trinajstić information content (AvgIpc) is 2.55. The van der Waals surface area contributed by atoms with Gasteiger partial charge in [-0.05, 0) is 67.7 Å². The van der Waals surface area contributed by atoms with Crippen molar-refractivity contribution in [2.45, 2.75) is 65.2 Å². The van der Waals surface area contributed by atoms with Gasteiger partial charge in [-0.25, -0.2) is 4.39 Å². The van der Waals surface area contributed by atoms with Gasteiger partial charge in [-0.2, -0.15) is 0 Å². The molecule has 1 aromatic rings. The molecule has 124 valence electrons. The highest BCUT2D eigenvalue weighted by molar-refractivity contribution is 5.39. The topological polar surface area (TPSA) is 0 Å². The van der Waals surface area contributed by atoms with Crippen LogP contribution >= 0.6 is 0 Å². The highest BCUT2D eigenvalue weighted by atomic mass is 19.1. The molecule has 0 bridgehead atoms. The number of rotatable bonds is 5. The second kappa shape index (κ2) is 9.56. The first kappa shape index (κ1) is 17.8. The van der Waals surface area contributed by atoms with Gasteiger partial charge in [-0.1, -0.05) is 57.1 Å². The molecule has 1 aliphatic carbocycles. The van der Waals surface area contributed by atoms with Crippen LogP contribution in [0.25, 0.3) is 0 Å². The van der Waals surface area contributed by atoms with Gasteiger partial charge in [0.25, 0.3) is 0 Å². The molecular formula is C22H29F. The van der Waals surface area contributed by atoms with Crippen LogP contribution in [0.15, 0.2) is 30.4 Å². The summed E-state index contributed by atoms with van der Waals surface area (Å²) in [5.74, 6) is 7.35. The van der Waals surface area contributed by atoms with Gasteiger partial charge in [0, 0.05) is 0 Å². The van der Waals surface area contributed by atoms with Crippen molar-refractivity contribution in [1.29, 1.82) is 0 Å². The Morgan fingerprint density at radius 2 is 1.91 bits per heavy atom. The van der Waals surface area contributed by atoms with E-state index in [1.165, 1.54) is 38.5 Å².